The summed E-state index contributed by atoms with van der Waals surface area (Å²) in [6.07, 6.45) is 3.56. The smallest absolute Gasteiger partial charge is 0.221 e. The van der Waals surface area contributed by atoms with Crippen LogP contribution in [0, 0.1) is 0 Å². The number of carbonyl (C=O) groups excluding carboxylic acids is 1. The molecule has 0 saturated heterocycles. The fraction of sp³-hybridized carbons (Fsp3) is 0.923. The molecule has 0 radical (unpaired) electrons. The first-order chi connectivity index (χ1) is 9.56. The zero-order valence-corrected chi connectivity index (χ0v) is 14.2. The van der Waals surface area contributed by atoms with Gasteiger partial charge in [0.15, 0.2) is 9.84 Å². The Morgan fingerprint density at radius 3 is 2.48 bits per heavy atom. The van der Waals surface area contributed by atoms with Crippen molar-refractivity contribution in [2.45, 2.75) is 37.4 Å². The third-order valence-corrected chi connectivity index (χ3v) is 5.79. The standard InChI is InChI=1S/C13H26N2O4S.ClH/c1-19-10-9-14-7-8-15-13(16)6-11-20(17,18)12-4-2-3-5-12;/h12,14H,2-11H2,1H3,(H,15,16);1H. The second-order valence-corrected chi connectivity index (χ2v) is 7.52. The minimum atomic E-state index is -3.09. The van der Waals surface area contributed by atoms with E-state index in [1.165, 1.54) is 0 Å². The molecule has 0 bridgehead atoms. The Labute approximate surface area is 133 Å². The summed E-state index contributed by atoms with van der Waals surface area (Å²) in [4.78, 5) is 11.6. The predicted octanol–water partition coefficient (Wildman–Crippen LogP) is 0.508. The van der Waals surface area contributed by atoms with Gasteiger partial charge >= 0.3 is 0 Å². The minimum absolute atomic E-state index is 0. The maximum atomic E-state index is 12.0. The first-order valence-corrected chi connectivity index (χ1v) is 8.95. The van der Waals surface area contributed by atoms with Crippen LogP contribution in [0.2, 0.25) is 0 Å². The molecule has 8 heteroatoms. The summed E-state index contributed by atoms with van der Waals surface area (Å²) in [5.74, 6) is -0.222. The van der Waals surface area contributed by atoms with Gasteiger partial charge in [-0.2, -0.15) is 0 Å². The van der Waals surface area contributed by atoms with Gasteiger partial charge in [-0.05, 0) is 12.8 Å². The molecule has 2 N–H and O–H groups in total. The molecule has 0 aromatic heterocycles. The van der Waals surface area contributed by atoms with Crippen LogP contribution in [0.5, 0.6) is 0 Å². The molecule has 1 rings (SSSR count). The lowest BCUT2D eigenvalue weighted by atomic mass is 10.4. The number of rotatable bonds is 10. The monoisotopic (exact) mass is 342 g/mol. The van der Waals surface area contributed by atoms with Gasteiger partial charge in [-0.3, -0.25) is 4.79 Å². The topological polar surface area (TPSA) is 84.5 Å². The minimum Gasteiger partial charge on any atom is -0.383 e. The Balaban J connectivity index is 0.00000400. The van der Waals surface area contributed by atoms with E-state index in [-0.39, 0.29) is 35.7 Å². The SMILES string of the molecule is COCCNCCNC(=O)CCS(=O)(=O)C1CCCC1.Cl. The van der Waals surface area contributed by atoms with Crippen LogP contribution in [-0.4, -0.2) is 58.7 Å². The first-order valence-electron chi connectivity index (χ1n) is 7.24. The van der Waals surface area contributed by atoms with Gasteiger partial charge in [0.2, 0.25) is 5.91 Å². The molecule has 1 fully saturated rings. The second kappa shape index (κ2) is 11.2. The summed E-state index contributed by atoms with van der Waals surface area (Å²) in [7, 11) is -1.46. The van der Waals surface area contributed by atoms with Crippen molar-refractivity contribution in [1.82, 2.24) is 10.6 Å². The summed E-state index contributed by atoms with van der Waals surface area (Å²) in [5, 5.41) is 5.60. The fourth-order valence-corrected chi connectivity index (χ4v) is 4.18. The molecule has 126 valence electrons. The molecule has 0 heterocycles. The van der Waals surface area contributed by atoms with E-state index < -0.39 is 9.84 Å². The average Bonchev–Trinajstić information content (AvgIpc) is 2.95. The molecular formula is C13H27ClN2O4S. The van der Waals surface area contributed by atoms with E-state index in [1.54, 1.807) is 7.11 Å². The maximum absolute atomic E-state index is 12.0. The summed E-state index contributed by atoms with van der Waals surface area (Å²) in [5.41, 5.74) is 0. The van der Waals surface area contributed by atoms with E-state index in [2.05, 4.69) is 10.6 Å². The molecule has 0 aliphatic heterocycles. The number of ether oxygens (including phenoxy) is 1. The zero-order valence-electron chi connectivity index (χ0n) is 12.6. The average molecular weight is 343 g/mol. The first kappa shape index (κ1) is 20.6. The Kier molecular flexibility index (Phi) is 11.0. The van der Waals surface area contributed by atoms with Crippen LogP contribution in [0.15, 0.2) is 0 Å². The number of halogens is 1. The number of hydrogen-bond acceptors (Lipinski definition) is 5. The fourth-order valence-electron chi connectivity index (χ4n) is 2.33. The van der Waals surface area contributed by atoms with Gasteiger partial charge in [-0.1, -0.05) is 12.8 Å². The van der Waals surface area contributed by atoms with Gasteiger partial charge in [0.1, 0.15) is 0 Å². The summed E-state index contributed by atoms with van der Waals surface area (Å²) < 4.78 is 28.8. The molecule has 1 aliphatic rings. The Morgan fingerprint density at radius 1 is 1.19 bits per heavy atom. The lowest BCUT2D eigenvalue weighted by molar-refractivity contribution is -0.120. The van der Waals surface area contributed by atoms with Crippen LogP contribution in [-0.2, 0) is 19.4 Å². The van der Waals surface area contributed by atoms with Gasteiger partial charge in [-0.15, -0.1) is 12.4 Å². The third kappa shape index (κ3) is 8.60. The highest BCUT2D eigenvalue weighted by molar-refractivity contribution is 7.92. The molecule has 0 atom stereocenters. The highest BCUT2D eigenvalue weighted by atomic mass is 35.5. The van der Waals surface area contributed by atoms with Crippen molar-refractivity contribution in [2.24, 2.45) is 0 Å². The Bertz CT molecular complexity index is 384. The molecule has 0 aromatic rings. The highest BCUT2D eigenvalue weighted by Crippen LogP contribution is 2.25. The highest BCUT2D eigenvalue weighted by Gasteiger charge is 2.28. The summed E-state index contributed by atoms with van der Waals surface area (Å²) in [6, 6.07) is 0. The van der Waals surface area contributed by atoms with E-state index in [1.807, 2.05) is 0 Å². The van der Waals surface area contributed by atoms with E-state index in [4.69, 9.17) is 4.74 Å². The van der Waals surface area contributed by atoms with Gasteiger partial charge in [-0.25, -0.2) is 8.42 Å². The molecule has 6 nitrogen and oxygen atoms in total. The summed E-state index contributed by atoms with van der Waals surface area (Å²) >= 11 is 0. The molecule has 21 heavy (non-hydrogen) atoms. The normalized spacial score (nSPS) is 15.7. The van der Waals surface area contributed by atoms with Crippen molar-refractivity contribution >= 4 is 28.2 Å². The van der Waals surface area contributed by atoms with E-state index in [9.17, 15) is 13.2 Å². The summed E-state index contributed by atoms with van der Waals surface area (Å²) in [6.45, 7) is 2.53. The van der Waals surface area contributed by atoms with Gasteiger partial charge in [0.05, 0.1) is 17.6 Å². The quantitative estimate of drug-likeness (QED) is 0.565. The van der Waals surface area contributed by atoms with E-state index in [0.717, 1.165) is 32.2 Å². The van der Waals surface area contributed by atoms with Crippen LogP contribution in [0.3, 0.4) is 0 Å². The lowest BCUT2D eigenvalue weighted by Gasteiger charge is -2.11. The van der Waals surface area contributed by atoms with Gasteiger partial charge in [0.25, 0.3) is 0 Å². The van der Waals surface area contributed by atoms with Crippen LogP contribution in [0.4, 0.5) is 0 Å². The molecule has 1 amide bonds. The van der Waals surface area contributed by atoms with Crippen molar-refractivity contribution in [3.05, 3.63) is 0 Å². The van der Waals surface area contributed by atoms with Gasteiger partial charge < -0.3 is 15.4 Å². The lowest BCUT2D eigenvalue weighted by Crippen LogP contribution is -2.34. The largest absolute Gasteiger partial charge is 0.383 e. The van der Waals surface area contributed by atoms with Crippen molar-refractivity contribution in [1.29, 1.82) is 0 Å². The number of sulfone groups is 1. The molecular weight excluding hydrogens is 316 g/mol. The van der Waals surface area contributed by atoms with Crippen molar-refractivity contribution < 1.29 is 17.9 Å². The van der Waals surface area contributed by atoms with Crippen molar-refractivity contribution in [3.63, 3.8) is 0 Å². The molecule has 0 aromatic carbocycles. The number of carbonyl (C=O) groups is 1. The third-order valence-electron chi connectivity index (χ3n) is 3.53. The number of amides is 1. The van der Waals surface area contributed by atoms with E-state index >= 15 is 0 Å². The number of methoxy groups -OCH3 is 1. The number of nitrogens with one attached hydrogen (secondary N) is 2. The molecule has 1 aliphatic carbocycles. The Hall–Kier alpha value is -0.370. The molecule has 0 spiro atoms. The van der Waals surface area contributed by atoms with Crippen LogP contribution in [0.25, 0.3) is 0 Å². The van der Waals surface area contributed by atoms with Crippen LogP contribution in [0.1, 0.15) is 32.1 Å². The zero-order chi connectivity index (χ0) is 14.8. The van der Waals surface area contributed by atoms with Crippen molar-refractivity contribution in [2.75, 3.05) is 39.1 Å². The maximum Gasteiger partial charge on any atom is 0.221 e. The second-order valence-electron chi connectivity index (χ2n) is 5.12. The number of hydrogen-bond donors (Lipinski definition) is 2. The van der Waals surface area contributed by atoms with Gasteiger partial charge in [0, 0.05) is 33.2 Å². The van der Waals surface area contributed by atoms with Crippen LogP contribution >= 0.6 is 12.4 Å². The molecule has 0 unspecified atom stereocenters. The predicted molar refractivity (Wildman–Crippen MR) is 85.7 cm³/mol. The Morgan fingerprint density at radius 2 is 1.86 bits per heavy atom. The molecule has 1 saturated carbocycles. The van der Waals surface area contributed by atoms with E-state index in [0.29, 0.717) is 19.7 Å². The van der Waals surface area contributed by atoms with Crippen LogP contribution < -0.4 is 10.6 Å². The van der Waals surface area contributed by atoms with Crippen molar-refractivity contribution in [3.8, 4) is 0 Å².